The molecule has 0 spiro atoms. The summed E-state index contributed by atoms with van der Waals surface area (Å²) in [6.07, 6.45) is 0. The monoisotopic (exact) mass is 371 g/mol. The van der Waals surface area contributed by atoms with Crippen molar-refractivity contribution in [1.29, 1.82) is 0 Å². The van der Waals surface area contributed by atoms with Crippen molar-refractivity contribution in [2.75, 3.05) is 17.7 Å². The maximum Gasteiger partial charge on any atom is 0.348 e. The first kappa shape index (κ1) is 18.4. The third-order valence-electron chi connectivity index (χ3n) is 2.90. The highest BCUT2D eigenvalue weighted by atomic mass is 32.2. The van der Waals surface area contributed by atoms with Crippen molar-refractivity contribution in [1.82, 2.24) is 0 Å². The number of esters is 1. The number of rotatable bonds is 6. The molecule has 0 saturated carbocycles. The first-order valence-corrected chi connectivity index (χ1v) is 8.86. The van der Waals surface area contributed by atoms with Gasteiger partial charge in [0.25, 0.3) is 0 Å². The molecule has 1 N–H and O–H groups in total. The van der Waals surface area contributed by atoms with E-state index in [1.54, 1.807) is 19.9 Å². The Morgan fingerprint density at radius 3 is 2.67 bits per heavy atom. The van der Waals surface area contributed by atoms with Gasteiger partial charge < -0.3 is 10.1 Å². The minimum atomic E-state index is -0.951. The topological polar surface area (TPSA) is 55.4 Å². The van der Waals surface area contributed by atoms with E-state index >= 15 is 0 Å². The van der Waals surface area contributed by atoms with Crippen LogP contribution in [0.2, 0.25) is 0 Å². The van der Waals surface area contributed by atoms with E-state index in [9.17, 15) is 18.4 Å². The molecule has 1 amide bonds. The van der Waals surface area contributed by atoms with Crippen molar-refractivity contribution in [2.24, 2.45) is 0 Å². The summed E-state index contributed by atoms with van der Waals surface area (Å²) in [7, 11) is 0. The Balaban J connectivity index is 1.93. The van der Waals surface area contributed by atoms with Gasteiger partial charge in [-0.05, 0) is 43.7 Å². The average molecular weight is 371 g/mol. The van der Waals surface area contributed by atoms with Crippen LogP contribution in [0.25, 0.3) is 0 Å². The highest BCUT2D eigenvalue weighted by Crippen LogP contribution is 2.28. The van der Waals surface area contributed by atoms with Crippen LogP contribution in [0.1, 0.15) is 22.2 Å². The minimum absolute atomic E-state index is 0.0385. The molecule has 8 heteroatoms. The van der Waals surface area contributed by atoms with Crippen molar-refractivity contribution in [3.05, 3.63) is 46.3 Å². The molecule has 0 atom stereocenters. The van der Waals surface area contributed by atoms with Crippen LogP contribution in [0.3, 0.4) is 0 Å². The second kappa shape index (κ2) is 8.25. The molecule has 4 nitrogen and oxygen atoms in total. The number of benzene rings is 1. The number of hydrogen-bond acceptors (Lipinski definition) is 5. The van der Waals surface area contributed by atoms with Crippen LogP contribution in [0.15, 0.2) is 29.2 Å². The lowest BCUT2D eigenvalue weighted by molar-refractivity contribution is -0.113. The van der Waals surface area contributed by atoms with Gasteiger partial charge in [0.2, 0.25) is 5.91 Å². The molecule has 0 saturated heterocycles. The first-order valence-electron chi connectivity index (χ1n) is 7.06. The number of thioether (sulfide) groups is 1. The van der Waals surface area contributed by atoms with Crippen molar-refractivity contribution >= 4 is 40.0 Å². The maximum atomic E-state index is 13.1. The molecule has 1 heterocycles. The van der Waals surface area contributed by atoms with Gasteiger partial charge in [-0.1, -0.05) is 0 Å². The standard InChI is InChI=1S/C16H15F2NO3S2/c1-3-22-16(21)15-9(2)6-14(24-15)19-13(20)8-23-10-4-5-11(17)12(18)7-10/h4-7H,3,8H2,1-2H3,(H,19,20). The lowest BCUT2D eigenvalue weighted by atomic mass is 10.3. The SMILES string of the molecule is CCOC(=O)c1sc(NC(=O)CSc2ccc(F)c(F)c2)cc1C. The quantitative estimate of drug-likeness (QED) is 0.609. The zero-order valence-electron chi connectivity index (χ0n) is 13.0. The second-order valence-electron chi connectivity index (χ2n) is 4.76. The van der Waals surface area contributed by atoms with Crippen LogP contribution in [0, 0.1) is 18.6 Å². The van der Waals surface area contributed by atoms with Gasteiger partial charge in [-0.25, -0.2) is 13.6 Å². The number of thiophene rings is 1. The molecule has 0 aliphatic carbocycles. The van der Waals surface area contributed by atoms with Gasteiger partial charge in [0.1, 0.15) is 4.88 Å². The van der Waals surface area contributed by atoms with E-state index in [-0.39, 0.29) is 18.3 Å². The molecule has 0 aliphatic rings. The molecule has 2 rings (SSSR count). The molecule has 0 bridgehead atoms. The van der Waals surface area contributed by atoms with Gasteiger partial charge >= 0.3 is 5.97 Å². The number of carbonyl (C=O) groups is 2. The first-order chi connectivity index (χ1) is 11.4. The summed E-state index contributed by atoms with van der Waals surface area (Å²) in [5, 5.41) is 3.21. The number of aryl methyl sites for hydroxylation is 1. The van der Waals surface area contributed by atoms with E-state index in [2.05, 4.69) is 5.32 Å². The van der Waals surface area contributed by atoms with Crippen molar-refractivity contribution in [2.45, 2.75) is 18.7 Å². The summed E-state index contributed by atoms with van der Waals surface area (Å²) >= 11 is 2.23. The Labute approximate surface area is 146 Å². The van der Waals surface area contributed by atoms with E-state index in [1.807, 2.05) is 0 Å². The molecule has 1 aromatic heterocycles. The molecule has 0 radical (unpaired) electrons. The summed E-state index contributed by atoms with van der Waals surface area (Å²) in [6.45, 7) is 3.76. The van der Waals surface area contributed by atoms with Gasteiger partial charge in [0, 0.05) is 4.90 Å². The van der Waals surface area contributed by atoms with Crippen LogP contribution < -0.4 is 5.32 Å². The Morgan fingerprint density at radius 1 is 1.25 bits per heavy atom. The normalized spacial score (nSPS) is 10.5. The third-order valence-corrected chi connectivity index (χ3v) is 5.03. The van der Waals surface area contributed by atoms with Gasteiger partial charge in [0.15, 0.2) is 11.6 Å². The fourth-order valence-electron chi connectivity index (χ4n) is 1.83. The molecule has 24 heavy (non-hydrogen) atoms. The molecule has 128 valence electrons. The van der Waals surface area contributed by atoms with Crippen molar-refractivity contribution < 1.29 is 23.1 Å². The summed E-state index contributed by atoms with van der Waals surface area (Å²) in [5.41, 5.74) is 0.724. The summed E-state index contributed by atoms with van der Waals surface area (Å²) in [6, 6.07) is 5.16. The zero-order valence-corrected chi connectivity index (χ0v) is 14.7. The van der Waals surface area contributed by atoms with E-state index in [4.69, 9.17) is 4.74 Å². The molecule has 1 aromatic carbocycles. The predicted octanol–water partition coefficient (Wildman–Crippen LogP) is 4.24. The van der Waals surface area contributed by atoms with Gasteiger partial charge in [-0.2, -0.15) is 0 Å². The Bertz CT molecular complexity index is 762. The van der Waals surface area contributed by atoms with E-state index in [1.165, 1.54) is 6.07 Å². The van der Waals surface area contributed by atoms with Crippen LogP contribution >= 0.6 is 23.1 Å². The maximum absolute atomic E-state index is 13.1. The fraction of sp³-hybridized carbons (Fsp3) is 0.250. The highest BCUT2D eigenvalue weighted by Gasteiger charge is 2.16. The molecule has 0 aliphatic heterocycles. The van der Waals surface area contributed by atoms with Gasteiger partial charge in [-0.3, -0.25) is 4.79 Å². The number of halogens is 2. The number of nitrogens with one attached hydrogen (secondary N) is 1. The fourth-order valence-corrected chi connectivity index (χ4v) is 3.54. The Hall–Kier alpha value is -1.93. The van der Waals surface area contributed by atoms with Crippen LogP contribution in [0.4, 0.5) is 13.8 Å². The van der Waals surface area contributed by atoms with Gasteiger partial charge in [0.05, 0.1) is 17.4 Å². The number of amides is 1. The predicted molar refractivity (Wildman–Crippen MR) is 90.7 cm³/mol. The number of carbonyl (C=O) groups excluding carboxylic acids is 2. The van der Waals surface area contributed by atoms with E-state index in [0.717, 1.165) is 40.8 Å². The van der Waals surface area contributed by atoms with Crippen LogP contribution in [-0.2, 0) is 9.53 Å². The molecule has 0 unspecified atom stereocenters. The molecular weight excluding hydrogens is 356 g/mol. The lowest BCUT2D eigenvalue weighted by Crippen LogP contribution is -2.13. The lowest BCUT2D eigenvalue weighted by Gasteiger charge is -2.03. The average Bonchev–Trinajstić information content (AvgIpc) is 2.89. The Morgan fingerprint density at radius 2 is 2.00 bits per heavy atom. The summed E-state index contributed by atoms with van der Waals surface area (Å²) in [5.74, 6) is -2.56. The summed E-state index contributed by atoms with van der Waals surface area (Å²) in [4.78, 5) is 24.6. The Kier molecular flexibility index (Phi) is 6.33. The second-order valence-corrected chi connectivity index (χ2v) is 6.86. The number of ether oxygens (including phenoxy) is 1. The molecular formula is C16H15F2NO3S2. The van der Waals surface area contributed by atoms with Crippen molar-refractivity contribution in [3.63, 3.8) is 0 Å². The minimum Gasteiger partial charge on any atom is -0.462 e. The smallest absolute Gasteiger partial charge is 0.348 e. The van der Waals surface area contributed by atoms with Gasteiger partial charge in [-0.15, -0.1) is 23.1 Å². The summed E-state index contributed by atoms with van der Waals surface area (Å²) < 4.78 is 30.9. The van der Waals surface area contributed by atoms with Crippen LogP contribution in [-0.4, -0.2) is 24.2 Å². The van der Waals surface area contributed by atoms with E-state index < -0.39 is 17.6 Å². The third kappa shape index (κ3) is 4.78. The molecule has 0 fully saturated rings. The zero-order chi connectivity index (χ0) is 17.7. The number of anilines is 1. The van der Waals surface area contributed by atoms with Crippen LogP contribution in [0.5, 0.6) is 0 Å². The molecule has 2 aromatic rings. The largest absolute Gasteiger partial charge is 0.462 e. The van der Waals surface area contributed by atoms with Crippen molar-refractivity contribution in [3.8, 4) is 0 Å². The number of hydrogen-bond donors (Lipinski definition) is 1. The van der Waals surface area contributed by atoms with E-state index in [0.29, 0.717) is 14.8 Å². The highest BCUT2D eigenvalue weighted by molar-refractivity contribution is 8.00.